The maximum Gasteiger partial charge on any atom is 0.417 e. The van der Waals surface area contributed by atoms with Crippen molar-refractivity contribution in [3.05, 3.63) is 94.2 Å². The number of carbonyl (C=O) groups excluding carboxylic acids is 2. The Morgan fingerprint density at radius 3 is 2.15 bits per heavy atom. The van der Waals surface area contributed by atoms with Gasteiger partial charge in [-0.25, -0.2) is 0 Å². The van der Waals surface area contributed by atoms with Crippen molar-refractivity contribution in [2.45, 2.75) is 38.5 Å². The highest BCUT2D eigenvalue weighted by molar-refractivity contribution is 7.21. The van der Waals surface area contributed by atoms with Crippen molar-refractivity contribution in [2.75, 3.05) is 0 Å². The molecule has 39 heavy (non-hydrogen) atoms. The summed E-state index contributed by atoms with van der Waals surface area (Å²) in [5.74, 6) is -1.04. The van der Waals surface area contributed by atoms with Crippen LogP contribution in [0.4, 0.5) is 13.2 Å². The van der Waals surface area contributed by atoms with Gasteiger partial charge in [0.2, 0.25) is 11.8 Å². The Morgan fingerprint density at radius 1 is 0.795 bits per heavy atom. The first-order valence-corrected chi connectivity index (χ1v) is 14.4. The summed E-state index contributed by atoms with van der Waals surface area (Å²) in [5, 5.41) is 7.96. The van der Waals surface area contributed by atoms with Crippen LogP contribution in [0.25, 0.3) is 20.9 Å². The molecule has 0 aliphatic heterocycles. The molecule has 2 N–H and O–H groups in total. The van der Waals surface area contributed by atoms with Crippen molar-refractivity contribution >= 4 is 34.5 Å². The average molecular weight is 569 g/mol. The van der Waals surface area contributed by atoms with Gasteiger partial charge in [0.1, 0.15) is 0 Å². The Balaban J connectivity index is 1.15. The van der Waals surface area contributed by atoms with Crippen LogP contribution in [-0.4, -0.2) is 11.8 Å². The molecule has 4 nitrogen and oxygen atoms in total. The summed E-state index contributed by atoms with van der Waals surface area (Å²) in [6.45, 7) is 0.676. The highest BCUT2D eigenvalue weighted by Crippen LogP contribution is 2.37. The van der Waals surface area contributed by atoms with E-state index >= 15 is 0 Å². The zero-order valence-corrected chi connectivity index (χ0v) is 22.6. The predicted molar refractivity (Wildman–Crippen MR) is 149 cm³/mol. The fraction of sp³-hybridized carbons (Fsp3) is 0.267. The number of benzene rings is 2. The summed E-state index contributed by atoms with van der Waals surface area (Å²) < 4.78 is 40.1. The van der Waals surface area contributed by atoms with Gasteiger partial charge in [0.25, 0.3) is 0 Å². The molecule has 202 valence electrons. The molecule has 2 aromatic carbocycles. The van der Waals surface area contributed by atoms with E-state index in [1.54, 1.807) is 53.0 Å². The molecule has 5 rings (SSSR count). The number of thiophene rings is 2. The van der Waals surface area contributed by atoms with Crippen molar-refractivity contribution in [2.24, 2.45) is 11.8 Å². The van der Waals surface area contributed by atoms with Crippen LogP contribution < -0.4 is 10.6 Å². The number of amides is 2. The SMILES string of the molecule is O=C(NCc1ccc(-c2cccs2)s1)C1CCC[C@H]1C(=O)NCc1ccc(-c2ccccc2C(F)(F)F)cc1. The van der Waals surface area contributed by atoms with E-state index in [1.807, 2.05) is 17.5 Å². The highest BCUT2D eigenvalue weighted by Gasteiger charge is 2.37. The lowest BCUT2D eigenvalue weighted by Crippen LogP contribution is -2.39. The van der Waals surface area contributed by atoms with Gasteiger partial charge < -0.3 is 10.6 Å². The Kier molecular flexibility index (Phi) is 8.18. The number of rotatable bonds is 8. The standard InChI is InChI=1S/C30H27F3N2O2S2/c31-30(32,33)25-8-2-1-5-22(25)20-12-10-19(11-13-20)17-34-28(36)23-6-3-7-24(23)29(37)35-18-21-14-15-27(39-21)26-9-4-16-38-26/h1-2,4-5,8-16,23-24H,3,6-7,17-18H2,(H,34,36)(H,35,37)/t23-,24?/m1/s1. The van der Waals surface area contributed by atoms with Gasteiger partial charge in [0, 0.05) is 33.0 Å². The van der Waals surface area contributed by atoms with Crippen LogP contribution >= 0.6 is 22.7 Å². The van der Waals surface area contributed by atoms with E-state index < -0.39 is 17.7 Å². The number of alkyl halides is 3. The lowest BCUT2D eigenvalue weighted by Gasteiger charge is -2.19. The molecule has 2 aromatic heterocycles. The first-order valence-electron chi connectivity index (χ1n) is 12.7. The van der Waals surface area contributed by atoms with Crippen LogP contribution in [0, 0.1) is 11.8 Å². The van der Waals surface area contributed by atoms with Crippen molar-refractivity contribution < 1.29 is 22.8 Å². The van der Waals surface area contributed by atoms with E-state index in [0.717, 1.165) is 22.9 Å². The van der Waals surface area contributed by atoms with E-state index in [-0.39, 0.29) is 29.8 Å². The molecule has 1 aliphatic carbocycles. The quantitative estimate of drug-likeness (QED) is 0.231. The van der Waals surface area contributed by atoms with E-state index in [9.17, 15) is 22.8 Å². The number of nitrogens with one attached hydrogen (secondary N) is 2. The molecule has 2 atom stereocenters. The summed E-state index contributed by atoms with van der Waals surface area (Å²) >= 11 is 3.33. The fourth-order valence-electron chi connectivity index (χ4n) is 5.02. The molecule has 1 fully saturated rings. The Bertz CT molecular complexity index is 1430. The van der Waals surface area contributed by atoms with E-state index in [4.69, 9.17) is 0 Å². The second-order valence-corrected chi connectivity index (χ2v) is 11.7. The van der Waals surface area contributed by atoms with Gasteiger partial charge in [-0.15, -0.1) is 22.7 Å². The van der Waals surface area contributed by atoms with Gasteiger partial charge in [0.05, 0.1) is 12.1 Å². The van der Waals surface area contributed by atoms with Gasteiger partial charge in [0.15, 0.2) is 0 Å². The summed E-state index contributed by atoms with van der Waals surface area (Å²) in [6.07, 6.45) is -2.31. The first kappa shape index (κ1) is 27.1. The Hall–Kier alpha value is -3.43. The molecule has 1 saturated carbocycles. The number of hydrogen-bond donors (Lipinski definition) is 2. The van der Waals surface area contributed by atoms with Gasteiger partial charge >= 0.3 is 6.18 Å². The Labute approximate surface area is 232 Å². The lowest BCUT2D eigenvalue weighted by molar-refractivity contribution is -0.137. The van der Waals surface area contributed by atoms with Crippen LogP contribution in [0.3, 0.4) is 0 Å². The van der Waals surface area contributed by atoms with Crippen molar-refractivity contribution in [1.82, 2.24) is 10.6 Å². The molecule has 1 aliphatic rings. The minimum atomic E-state index is -4.44. The minimum Gasteiger partial charge on any atom is -0.352 e. The van der Waals surface area contributed by atoms with Gasteiger partial charge in [-0.2, -0.15) is 13.2 Å². The van der Waals surface area contributed by atoms with Crippen molar-refractivity contribution in [3.8, 4) is 20.9 Å². The van der Waals surface area contributed by atoms with Gasteiger partial charge in [-0.1, -0.05) is 55.0 Å². The van der Waals surface area contributed by atoms with Crippen LogP contribution in [0.15, 0.2) is 78.2 Å². The average Bonchev–Trinajstić information content (AvgIpc) is 3.72. The van der Waals surface area contributed by atoms with Crippen LogP contribution in [0.1, 0.15) is 35.3 Å². The number of hydrogen-bond acceptors (Lipinski definition) is 4. The van der Waals surface area contributed by atoms with Crippen molar-refractivity contribution in [1.29, 1.82) is 0 Å². The normalized spacial score (nSPS) is 17.2. The smallest absolute Gasteiger partial charge is 0.352 e. The topological polar surface area (TPSA) is 58.2 Å². The Morgan fingerprint density at radius 2 is 1.49 bits per heavy atom. The second kappa shape index (κ2) is 11.8. The molecule has 2 amide bonds. The molecule has 4 aromatic rings. The zero-order valence-electron chi connectivity index (χ0n) is 21.0. The third kappa shape index (κ3) is 6.42. The van der Waals surface area contributed by atoms with Crippen LogP contribution in [-0.2, 0) is 28.9 Å². The van der Waals surface area contributed by atoms with Crippen LogP contribution in [0.2, 0.25) is 0 Å². The monoisotopic (exact) mass is 568 g/mol. The predicted octanol–water partition coefficient (Wildman–Crippen LogP) is 7.51. The minimum absolute atomic E-state index is 0.105. The molecule has 0 saturated heterocycles. The van der Waals surface area contributed by atoms with E-state index in [1.165, 1.54) is 21.9 Å². The molecule has 0 bridgehead atoms. The third-order valence-corrected chi connectivity index (χ3v) is 9.17. The summed E-state index contributed by atoms with van der Waals surface area (Å²) in [6, 6.07) is 20.3. The second-order valence-electron chi connectivity index (χ2n) is 9.56. The fourth-order valence-corrected chi connectivity index (χ4v) is 6.80. The highest BCUT2D eigenvalue weighted by atomic mass is 32.1. The zero-order chi connectivity index (χ0) is 27.4. The molecule has 9 heteroatoms. The molecule has 2 heterocycles. The molecular weight excluding hydrogens is 541 g/mol. The van der Waals surface area contributed by atoms with Crippen molar-refractivity contribution in [3.63, 3.8) is 0 Å². The summed E-state index contributed by atoms with van der Waals surface area (Å²) in [7, 11) is 0. The maximum atomic E-state index is 13.4. The number of carbonyl (C=O) groups is 2. The van der Waals surface area contributed by atoms with Crippen LogP contribution in [0.5, 0.6) is 0 Å². The lowest BCUT2D eigenvalue weighted by atomic mass is 9.94. The number of halogens is 3. The van der Waals surface area contributed by atoms with E-state index in [0.29, 0.717) is 24.9 Å². The van der Waals surface area contributed by atoms with E-state index in [2.05, 4.69) is 22.8 Å². The molecule has 1 unspecified atom stereocenters. The summed E-state index contributed by atoms with van der Waals surface area (Å²) in [4.78, 5) is 29.4. The molecule has 0 radical (unpaired) electrons. The molecular formula is C30H27F3N2O2S2. The largest absolute Gasteiger partial charge is 0.417 e. The van der Waals surface area contributed by atoms with Gasteiger partial charge in [-0.3, -0.25) is 9.59 Å². The summed E-state index contributed by atoms with van der Waals surface area (Å²) in [5.41, 5.74) is 0.665. The third-order valence-electron chi connectivity index (χ3n) is 7.02. The van der Waals surface area contributed by atoms with Gasteiger partial charge in [-0.05, 0) is 59.2 Å². The molecule has 0 spiro atoms. The maximum absolute atomic E-state index is 13.4. The first-order chi connectivity index (χ1) is 18.8.